The fraction of sp³-hybridized carbons (Fsp3) is 0.269. The summed E-state index contributed by atoms with van der Waals surface area (Å²) in [6.45, 7) is 2.47. The normalized spacial score (nSPS) is 13.8. The Morgan fingerprint density at radius 1 is 0.879 bits per heavy atom. The van der Waals surface area contributed by atoms with Crippen molar-refractivity contribution in [1.82, 2.24) is 14.8 Å². The molecular formula is C26H27N3O4. The van der Waals surface area contributed by atoms with Crippen LogP contribution in [0.5, 0.6) is 11.6 Å². The summed E-state index contributed by atoms with van der Waals surface area (Å²) < 4.78 is 11.1. The smallest absolute Gasteiger partial charge is 0.257 e. The first-order valence-electron chi connectivity index (χ1n) is 11.0. The summed E-state index contributed by atoms with van der Waals surface area (Å²) in [4.78, 5) is 34.0. The molecular weight excluding hydrogens is 418 g/mol. The van der Waals surface area contributed by atoms with E-state index in [1.807, 2.05) is 42.5 Å². The van der Waals surface area contributed by atoms with Crippen molar-refractivity contribution < 1.29 is 19.1 Å². The van der Waals surface area contributed by atoms with Gasteiger partial charge in [-0.1, -0.05) is 42.5 Å². The second-order valence-electron chi connectivity index (χ2n) is 7.80. The van der Waals surface area contributed by atoms with Crippen molar-refractivity contribution >= 4 is 11.8 Å². The van der Waals surface area contributed by atoms with Gasteiger partial charge in [-0.05, 0) is 30.2 Å². The summed E-state index contributed by atoms with van der Waals surface area (Å²) >= 11 is 0. The van der Waals surface area contributed by atoms with E-state index >= 15 is 0 Å². The van der Waals surface area contributed by atoms with Crippen LogP contribution in [0.3, 0.4) is 0 Å². The molecule has 0 atom stereocenters. The van der Waals surface area contributed by atoms with Gasteiger partial charge in [0, 0.05) is 44.0 Å². The zero-order valence-corrected chi connectivity index (χ0v) is 18.6. The maximum Gasteiger partial charge on any atom is 0.257 e. The molecule has 170 valence electrons. The maximum absolute atomic E-state index is 13.1. The summed E-state index contributed by atoms with van der Waals surface area (Å²) in [5.74, 6) is 0.794. The van der Waals surface area contributed by atoms with Crippen LogP contribution in [0, 0.1) is 0 Å². The van der Waals surface area contributed by atoms with E-state index in [4.69, 9.17) is 9.47 Å². The summed E-state index contributed by atoms with van der Waals surface area (Å²) in [7, 11) is 1.56. The first-order valence-corrected chi connectivity index (χ1v) is 11.0. The zero-order valence-electron chi connectivity index (χ0n) is 18.6. The van der Waals surface area contributed by atoms with Crippen molar-refractivity contribution in [2.75, 3.05) is 33.3 Å². The molecule has 33 heavy (non-hydrogen) atoms. The van der Waals surface area contributed by atoms with E-state index in [0.29, 0.717) is 62.0 Å². The highest BCUT2D eigenvalue weighted by Crippen LogP contribution is 2.21. The molecule has 0 N–H and O–H groups in total. The van der Waals surface area contributed by atoms with Gasteiger partial charge in [-0.3, -0.25) is 9.59 Å². The molecule has 0 radical (unpaired) electrons. The van der Waals surface area contributed by atoms with E-state index in [1.165, 1.54) is 0 Å². The lowest BCUT2D eigenvalue weighted by Gasteiger charge is -2.23. The highest BCUT2D eigenvalue weighted by Gasteiger charge is 2.25. The van der Waals surface area contributed by atoms with Crippen LogP contribution in [-0.2, 0) is 6.61 Å². The minimum atomic E-state index is -0.0893. The van der Waals surface area contributed by atoms with Crippen molar-refractivity contribution in [3.8, 4) is 11.6 Å². The predicted molar refractivity (Wildman–Crippen MR) is 124 cm³/mol. The lowest BCUT2D eigenvalue weighted by Crippen LogP contribution is -2.37. The fourth-order valence-corrected chi connectivity index (χ4v) is 3.85. The van der Waals surface area contributed by atoms with Crippen molar-refractivity contribution in [3.63, 3.8) is 0 Å². The van der Waals surface area contributed by atoms with Crippen LogP contribution in [0.2, 0.25) is 0 Å². The van der Waals surface area contributed by atoms with Gasteiger partial charge in [-0.25, -0.2) is 4.98 Å². The molecule has 3 aromatic rings. The predicted octanol–water partition coefficient (Wildman–Crippen LogP) is 3.66. The topological polar surface area (TPSA) is 72.0 Å². The number of pyridine rings is 1. The van der Waals surface area contributed by atoms with Gasteiger partial charge in [0.25, 0.3) is 11.8 Å². The van der Waals surface area contributed by atoms with Gasteiger partial charge in [-0.15, -0.1) is 0 Å². The first-order chi connectivity index (χ1) is 16.2. The third kappa shape index (κ3) is 5.49. The molecule has 0 saturated carbocycles. The van der Waals surface area contributed by atoms with Gasteiger partial charge in [0.2, 0.25) is 5.88 Å². The van der Waals surface area contributed by atoms with Gasteiger partial charge in [0.05, 0.1) is 12.7 Å². The molecule has 2 heterocycles. The number of amides is 2. The molecule has 0 bridgehead atoms. The first kappa shape index (κ1) is 22.3. The minimum absolute atomic E-state index is 0.0812. The molecule has 1 aromatic heterocycles. The molecule has 1 aliphatic heterocycles. The molecule has 1 saturated heterocycles. The number of methoxy groups -OCH3 is 1. The third-order valence-electron chi connectivity index (χ3n) is 5.62. The standard InChI is InChI=1S/C26H27N3O4/c1-32-23-11-6-5-10-22(23)26(31)29-15-7-14-28(16-17-29)25(30)21-12-13-27-24(18-21)33-19-20-8-3-2-4-9-20/h2-6,8-13,18H,7,14-17,19H2,1H3. The Labute approximate surface area is 193 Å². The number of carbonyl (C=O) groups excluding carboxylic acids is 2. The van der Waals surface area contributed by atoms with E-state index in [1.54, 1.807) is 47.4 Å². The van der Waals surface area contributed by atoms with Crippen molar-refractivity contribution in [2.45, 2.75) is 13.0 Å². The van der Waals surface area contributed by atoms with E-state index in [9.17, 15) is 9.59 Å². The monoisotopic (exact) mass is 445 g/mol. The number of nitrogens with zero attached hydrogens (tertiary/aromatic N) is 3. The summed E-state index contributed by atoms with van der Waals surface area (Å²) in [5.41, 5.74) is 2.09. The maximum atomic E-state index is 13.1. The number of aromatic nitrogens is 1. The molecule has 2 aromatic carbocycles. The molecule has 2 amide bonds. The Morgan fingerprint density at radius 3 is 2.33 bits per heavy atom. The van der Waals surface area contributed by atoms with E-state index in [2.05, 4.69) is 4.98 Å². The van der Waals surface area contributed by atoms with Crippen LogP contribution in [0.1, 0.15) is 32.7 Å². The number of ether oxygens (including phenoxy) is 2. The average molecular weight is 446 g/mol. The van der Waals surface area contributed by atoms with Gasteiger partial charge in [-0.2, -0.15) is 0 Å². The Bertz CT molecular complexity index is 1100. The quantitative estimate of drug-likeness (QED) is 0.579. The van der Waals surface area contributed by atoms with Crippen LogP contribution in [0.15, 0.2) is 72.9 Å². The Kier molecular flexibility index (Phi) is 7.19. The fourth-order valence-electron chi connectivity index (χ4n) is 3.85. The van der Waals surface area contributed by atoms with Crippen LogP contribution in [0.4, 0.5) is 0 Å². The lowest BCUT2D eigenvalue weighted by atomic mass is 10.1. The SMILES string of the molecule is COc1ccccc1C(=O)N1CCCN(C(=O)c2ccnc(OCc3ccccc3)c2)CC1. The highest BCUT2D eigenvalue weighted by atomic mass is 16.5. The molecule has 1 fully saturated rings. The number of benzene rings is 2. The lowest BCUT2D eigenvalue weighted by molar-refractivity contribution is 0.0716. The molecule has 0 spiro atoms. The van der Waals surface area contributed by atoms with E-state index < -0.39 is 0 Å². The minimum Gasteiger partial charge on any atom is -0.496 e. The number of rotatable bonds is 6. The zero-order chi connectivity index (χ0) is 23.0. The highest BCUT2D eigenvalue weighted by molar-refractivity contribution is 5.97. The Balaban J connectivity index is 1.39. The second-order valence-corrected chi connectivity index (χ2v) is 7.80. The summed E-state index contributed by atoms with van der Waals surface area (Å²) in [6, 6.07) is 20.4. The molecule has 0 aliphatic carbocycles. The molecule has 4 rings (SSSR count). The number of hydrogen-bond donors (Lipinski definition) is 0. The number of carbonyl (C=O) groups is 2. The largest absolute Gasteiger partial charge is 0.496 e. The molecule has 7 nitrogen and oxygen atoms in total. The van der Waals surface area contributed by atoms with Crippen LogP contribution < -0.4 is 9.47 Å². The number of hydrogen-bond acceptors (Lipinski definition) is 5. The summed E-state index contributed by atoms with van der Waals surface area (Å²) in [6.07, 6.45) is 2.29. The number of para-hydroxylation sites is 1. The second kappa shape index (κ2) is 10.6. The molecule has 0 unspecified atom stereocenters. The van der Waals surface area contributed by atoms with Crippen molar-refractivity contribution in [1.29, 1.82) is 0 Å². The summed E-state index contributed by atoms with van der Waals surface area (Å²) in [5, 5.41) is 0. The van der Waals surface area contributed by atoms with Crippen molar-refractivity contribution in [2.24, 2.45) is 0 Å². The van der Waals surface area contributed by atoms with Crippen LogP contribution >= 0.6 is 0 Å². The van der Waals surface area contributed by atoms with Crippen molar-refractivity contribution in [3.05, 3.63) is 89.6 Å². The van der Waals surface area contributed by atoms with E-state index in [0.717, 1.165) is 5.56 Å². The third-order valence-corrected chi connectivity index (χ3v) is 5.62. The van der Waals surface area contributed by atoms with Gasteiger partial charge >= 0.3 is 0 Å². The van der Waals surface area contributed by atoms with E-state index in [-0.39, 0.29) is 11.8 Å². The van der Waals surface area contributed by atoms with Gasteiger partial charge < -0.3 is 19.3 Å². The Hall–Kier alpha value is -3.87. The van der Waals surface area contributed by atoms with Crippen LogP contribution in [0.25, 0.3) is 0 Å². The average Bonchev–Trinajstić information content (AvgIpc) is 3.14. The van der Waals surface area contributed by atoms with Crippen LogP contribution in [-0.4, -0.2) is 59.9 Å². The molecule has 1 aliphatic rings. The molecule has 7 heteroatoms. The Morgan fingerprint density at radius 2 is 1.58 bits per heavy atom. The van der Waals surface area contributed by atoms with Gasteiger partial charge in [0.15, 0.2) is 0 Å². The van der Waals surface area contributed by atoms with Gasteiger partial charge in [0.1, 0.15) is 12.4 Å².